The number of thioether (sulfide) groups is 1. The SMILES string of the molecule is CSc1ccccc1CN1CCC(CNC(=O)CC2CCCCC2)CC1. The fraction of sp³-hybridized carbons (Fsp3) is 0.682. The number of piperidine rings is 1. The van der Waals surface area contributed by atoms with Gasteiger partial charge in [0.2, 0.25) is 5.91 Å². The van der Waals surface area contributed by atoms with Crippen LogP contribution in [-0.4, -0.2) is 36.7 Å². The minimum atomic E-state index is 0.285. The molecule has 0 aromatic heterocycles. The minimum Gasteiger partial charge on any atom is -0.356 e. The molecule has 2 fully saturated rings. The normalized spacial score (nSPS) is 20.2. The smallest absolute Gasteiger partial charge is 0.220 e. The predicted octanol–water partition coefficient (Wildman–Crippen LogP) is 4.71. The number of carbonyl (C=O) groups excluding carboxylic acids is 1. The van der Waals surface area contributed by atoms with Crippen molar-refractivity contribution in [1.29, 1.82) is 0 Å². The van der Waals surface area contributed by atoms with Crippen LogP contribution in [0.3, 0.4) is 0 Å². The third-order valence-corrected chi connectivity index (χ3v) is 6.92. The second kappa shape index (κ2) is 10.4. The first-order valence-electron chi connectivity index (χ1n) is 10.4. The van der Waals surface area contributed by atoms with Crippen molar-refractivity contribution < 1.29 is 4.79 Å². The third kappa shape index (κ3) is 6.02. The quantitative estimate of drug-likeness (QED) is 0.702. The van der Waals surface area contributed by atoms with E-state index in [-0.39, 0.29) is 5.91 Å². The largest absolute Gasteiger partial charge is 0.356 e. The van der Waals surface area contributed by atoms with Crippen LogP contribution < -0.4 is 5.32 Å². The molecule has 1 aromatic carbocycles. The van der Waals surface area contributed by atoms with Gasteiger partial charge in [-0.15, -0.1) is 11.8 Å². The molecule has 1 saturated carbocycles. The van der Waals surface area contributed by atoms with E-state index >= 15 is 0 Å². The number of rotatable bonds is 7. The molecular formula is C22H34N2OS. The van der Waals surface area contributed by atoms with E-state index in [9.17, 15) is 4.79 Å². The highest BCUT2D eigenvalue weighted by atomic mass is 32.2. The Balaban J connectivity index is 1.35. The summed E-state index contributed by atoms with van der Waals surface area (Å²) in [5.41, 5.74) is 1.44. The molecule has 0 atom stereocenters. The van der Waals surface area contributed by atoms with Gasteiger partial charge in [0.15, 0.2) is 0 Å². The topological polar surface area (TPSA) is 32.3 Å². The van der Waals surface area contributed by atoms with Gasteiger partial charge in [-0.2, -0.15) is 0 Å². The van der Waals surface area contributed by atoms with E-state index in [1.54, 1.807) is 0 Å². The molecule has 3 rings (SSSR count). The van der Waals surface area contributed by atoms with Gasteiger partial charge in [0.05, 0.1) is 0 Å². The van der Waals surface area contributed by atoms with Crippen LogP contribution in [0.1, 0.15) is 56.9 Å². The first-order valence-corrected chi connectivity index (χ1v) is 11.6. The molecule has 0 spiro atoms. The van der Waals surface area contributed by atoms with Crippen LogP contribution in [0.4, 0.5) is 0 Å². The Morgan fingerprint density at radius 1 is 1.08 bits per heavy atom. The van der Waals surface area contributed by atoms with Gasteiger partial charge in [0.1, 0.15) is 0 Å². The zero-order valence-corrected chi connectivity index (χ0v) is 17.0. The van der Waals surface area contributed by atoms with Crippen molar-refractivity contribution in [2.24, 2.45) is 11.8 Å². The first kappa shape index (κ1) is 19.8. The van der Waals surface area contributed by atoms with E-state index < -0.39 is 0 Å². The van der Waals surface area contributed by atoms with Crippen LogP contribution in [0.15, 0.2) is 29.2 Å². The minimum absolute atomic E-state index is 0.285. The van der Waals surface area contributed by atoms with Crippen molar-refractivity contribution in [2.45, 2.75) is 62.8 Å². The zero-order chi connectivity index (χ0) is 18.2. The summed E-state index contributed by atoms with van der Waals surface area (Å²) >= 11 is 1.84. The maximum atomic E-state index is 12.2. The van der Waals surface area contributed by atoms with Crippen LogP contribution in [0.25, 0.3) is 0 Å². The molecule has 1 aliphatic heterocycles. The molecule has 1 aromatic rings. The van der Waals surface area contributed by atoms with Gasteiger partial charge in [0.25, 0.3) is 0 Å². The van der Waals surface area contributed by atoms with Crippen molar-refractivity contribution in [3.05, 3.63) is 29.8 Å². The molecule has 3 nitrogen and oxygen atoms in total. The van der Waals surface area contributed by atoms with Crippen molar-refractivity contribution in [3.63, 3.8) is 0 Å². The summed E-state index contributed by atoms with van der Waals surface area (Å²) in [6.45, 7) is 4.22. The number of carbonyl (C=O) groups is 1. The Bertz CT molecular complexity index is 563. The number of amides is 1. The van der Waals surface area contributed by atoms with Gasteiger partial charge in [0, 0.05) is 24.4 Å². The summed E-state index contributed by atoms with van der Waals surface area (Å²) in [4.78, 5) is 16.2. The Labute approximate surface area is 163 Å². The number of benzene rings is 1. The summed E-state index contributed by atoms with van der Waals surface area (Å²) in [6, 6.07) is 8.74. The molecule has 26 heavy (non-hydrogen) atoms. The second-order valence-corrected chi connectivity index (χ2v) is 8.89. The van der Waals surface area contributed by atoms with Crippen molar-refractivity contribution in [1.82, 2.24) is 10.2 Å². The summed E-state index contributed by atoms with van der Waals surface area (Å²) in [5.74, 6) is 1.58. The zero-order valence-electron chi connectivity index (χ0n) is 16.2. The fourth-order valence-corrected chi connectivity index (χ4v) is 5.02. The van der Waals surface area contributed by atoms with Crippen LogP contribution in [-0.2, 0) is 11.3 Å². The molecule has 1 N–H and O–H groups in total. The molecule has 1 saturated heterocycles. The number of likely N-dealkylation sites (tertiary alicyclic amines) is 1. The molecule has 1 amide bonds. The second-order valence-electron chi connectivity index (χ2n) is 8.04. The summed E-state index contributed by atoms with van der Waals surface area (Å²) < 4.78 is 0. The van der Waals surface area contributed by atoms with Crippen LogP contribution in [0.2, 0.25) is 0 Å². The van der Waals surface area contributed by atoms with E-state index in [0.29, 0.717) is 11.8 Å². The summed E-state index contributed by atoms with van der Waals surface area (Å²) in [5, 5.41) is 3.22. The van der Waals surface area contributed by atoms with Crippen LogP contribution in [0, 0.1) is 11.8 Å². The standard InChI is InChI=1S/C22H34N2OS/c1-26-21-10-6-5-9-20(21)17-24-13-11-19(12-14-24)16-23-22(25)15-18-7-3-2-4-8-18/h5-6,9-10,18-19H,2-4,7-8,11-17H2,1H3,(H,23,25). The molecule has 0 bridgehead atoms. The van der Waals surface area contributed by atoms with E-state index in [2.05, 4.69) is 40.7 Å². The number of hydrogen-bond acceptors (Lipinski definition) is 3. The Hall–Kier alpha value is -1.00. The van der Waals surface area contributed by atoms with Gasteiger partial charge in [-0.1, -0.05) is 37.5 Å². The molecule has 2 aliphatic rings. The average Bonchev–Trinajstić information content (AvgIpc) is 2.69. The number of hydrogen-bond donors (Lipinski definition) is 1. The molecular weight excluding hydrogens is 340 g/mol. The predicted molar refractivity (Wildman–Crippen MR) is 110 cm³/mol. The maximum Gasteiger partial charge on any atom is 0.220 e. The van der Waals surface area contributed by atoms with Gasteiger partial charge < -0.3 is 5.32 Å². The summed E-state index contributed by atoms with van der Waals surface area (Å²) in [7, 11) is 0. The molecule has 1 aliphatic carbocycles. The Kier molecular flexibility index (Phi) is 7.87. The van der Waals surface area contributed by atoms with Crippen molar-refractivity contribution in [3.8, 4) is 0 Å². The van der Waals surface area contributed by atoms with Gasteiger partial charge in [-0.05, 0) is 68.5 Å². The van der Waals surface area contributed by atoms with Gasteiger partial charge in [-0.25, -0.2) is 0 Å². The lowest BCUT2D eigenvalue weighted by Crippen LogP contribution is -2.38. The lowest BCUT2D eigenvalue weighted by molar-refractivity contribution is -0.122. The number of nitrogens with zero attached hydrogens (tertiary/aromatic N) is 1. The van der Waals surface area contributed by atoms with Crippen LogP contribution >= 0.6 is 11.8 Å². The monoisotopic (exact) mass is 374 g/mol. The molecule has 0 radical (unpaired) electrons. The lowest BCUT2D eigenvalue weighted by atomic mass is 9.87. The van der Waals surface area contributed by atoms with Crippen LogP contribution in [0.5, 0.6) is 0 Å². The molecule has 0 unspecified atom stereocenters. The molecule has 4 heteroatoms. The maximum absolute atomic E-state index is 12.2. The fourth-order valence-electron chi connectivity index (χ4n) is 4.41. The lowest BCUT2D eigenvalue weighted by Gasteiger charge is -2.32. The molecule has 144 valence electrons. The third-order valence-electron chi connectivity index (χ3n) is 6.08. The average molecular weight is 375 g/mol. The van der Waals surface area contributed by atoms with E-state index in [4.69, 9.17) is 0 Å². The highest BCUT2D eigenvalue weighted by Gasteiger charge is 2.21. The first-order chi connectivity index (χ1) is 12.7. The highest BCUT2D eigenvalue weighted by Crippen LogP contribution is 2.26. The van der Waals surface area contributed by atoms with E-state index in [1.807, 2.05) is 11.8 Å². The summed E-state index contributed by atoms with van der Waals surface area (Å²) in [6.07, 6.45) is 11.8. The van der Waals surface area contributed by atoms with Gasteiger partial charge in [-0.3, -0.25) is 9.69 Å². The number of nitrogens with one attached hydrogen (secondary N) is 1. The Morgan fingerprint density at radius 2 is 1.81 bits per heavy atom. The van der Waals surface area contributed by atoms with Crippen molar-refractivity contribution >= 4 is 17.7 Å². The Morgan fingerprint density at radius 3 is 2.54 bits per heavy atom. The molecule has 1 heterocycles. The van der Waals surface area contributed by atoms with E-state index in [0.717, 1.165) is 32.6 Å². The van der Waals surface area contributed by atoms with E-state index in [1.165, 1.54) is 55.4 Å². The van der Waals surface area contributed by atoms with Crippen molar-refractivity contribution in [2.75, 3.05) is 25.9 Å². The highest BCUT2D eigenvalue weighted by molar-refractivity contribution is 7.98. The van der Waals surface area contributed by atoms with Gasteiger partial charge >= 0.3 is 0 Å².